The molecule has 0 atom stereocenters. The Morgan fingerprint density at radius 2 is 1.61 bits per heavy atom. The summed E-state index contributed by atoms with van der Waals surface area (Å²) < 4.78 is 13.4. The normalized spacial score (nSPS) is 11.7. The molecular formula is C32H32N2O4. The van der Waals surface area contributed by atoms with Gasteiger partial charge in [0.2, 0.25) is 0 Å². The van der Waals surface area contributed by atoms with Crippen molar-refractivity contribution in [1.29, 1.82) is 0 Å². The molecule has 5 aromatic rings. The van der Waals surface area contributed by atoms with Gasteiger partial charge in [-0.05, 0) is 85.0 Å². The van der Waals surface area contributed by atoms with Crippen molar-refractivity contribution in [2.45, 2.75) is 45.3 Å². The van der Waals surface area contributed by atoms with Crippen molar-refractivity contribution in [3.8, 4) is 11.5 Å². The Morgan fingerprint density at radius 3 is 2.32 bits per heavy atom. The van der Waals surface area contributed by atoms with Crippen LogP contribution in [0.3, 0.4) is 0 Å². The van der Waals surface area contributed by atoms with Crippen molar-refractivity contribution in [2.75, 3.05) is 7.11 Å². The summed E-state index contributed by atoms with van der Waals surface area (Å²) in [6.07, 6.45) is 2.65. The molecule has 0 amide bonds. The second-order valence-electron chi connectivity index (χ2n) is 10.1. The summed E-state index contributed by atoms with van der Waals surface area (Å²) in [7, 11) is 1.69. The maximum absolute atomic E-state index is 11.3. The van der Waals surface area contributed by atoms with Crippen molar-refractivity contribution in [2.24, 2.45) is 0 Å². The molecule has 0 spiro atoms. The van der Waals surface area contributed by atoms with Gasteiger partial charge in [0.05, 0.1) is 18.1 Å². The van der Waals surface area contributed by atoms with Crippen LogP contribution in [0.1, 0.15) is 37.2 Å². The molecule has 38 heavy (non-hydrogen) atoms. The SMILES string of the molecule is COc1cccc(Cn2c(CCCc3ccc(OC(C)(C)C(=O)O)cc3)nc3cc4ccccc4cc32)c1. The Labute approximate surface area is 222 Å². The first-order valence-corrected chi connectivity index (χ1v) is 12.8. The van der Waals surface area contributed by atoms with Gasteiger partial charge in [-0.2, -0.15) is 0 Å². The number of hydrogen-bond donors (Lipinski definition) is 1. The molecule has 0 unspecified atom stereocenters. The number of carbonyl (C=O) groups is 1. The number of methoxy groups -OCH3 is 1. The number of aromatic nitrogens is 2. The van der Waals surface area contributed by atoms with Crippen molar-refractivity contribution in [1.82, 2.24) is 9.55 Å². The first-order chi connectivity index (χ1) is 18.3. The van der Waals surface area contributed by atoms with Crippen LogP contribution in [0.25, 0.3) is 21.8 Å². The van der Waals surface area contributed by atoms with E-state index in [2.05, 4.69) is 53.1 Å². The van der Waals surface area contributed by atoms with Gasteiger partial charge in [-0.1, -0.05) is 48.5 Å². The fourth-order valence-corrected chi connectivity index (χ4v) is 4.69. The molecule has 0 bridgehead atoms. The number of rotatable bonds is 10. The number of imidazole rings is 1. The van der Waals surface area contributed by atoms with Gasteiger partial charge in [0.15, 0.2) is 5.60 Å². The smallest absolute Gasteiger partial charge is 0.347 e. The monoisotopic (exact) mass is 508 g/mol. The number of carboxylic acids is 1. The molecule has 5 rings (SSSR count). The van der Waals surface area contributed by atoms with Gasteiger partial charge in [0.1, 0.15) is 17.3 Å². The maximum Gasteiger partial charge on any atom is 0.347 e. The number of aryl methyl sites for hydroxylation is 2. The second kappa shape index (κ2) is 10.6. The van der Waals surface area contributed by atoms with Crippen molar-refractivity contribution in [3.05, 3.63) is 102 Å². The summed E-state index contributed by atoms with van der Waals surface area (Å²) in [6, 6.07) is 28.6. The molecule has 0 aliphatic carbocycles. The van der Waals surface area contributed by atoms with E-state index in [1.54, 1.807) is 21.0 Å². The minimum absolute atomic E-state index is 0.549. The van der Waals surface area contributed by atoms with Crippen LogP contribution in [0.4, 0.5) is 0 Å². The summed E-state index contributed by atoms with van der Waals surface area (Å²) in [6.45, 7) is 3.81. The Kier molecular flexibility index (Phi) is 7.05. The highest BCUT2D eigenvalue weighted by molar-refractivity contribution is 5.95. The van der Waals surface area contributed by atoms with Crippen LogP contribution in [0, 0.1) is 0 Å². The number of hydrogen-bond acceptors (Lipinski definition) is 4. The molecule has 0 fully saturated rings. The molecule has 6 heteroatoms. The zero-order valence-electron chi connectivity index (χ0n) is 22.0. The zero-order valence-corrected chi connectivity index (χ0v) is 22.0. The Bertz CT molecular complexity index is 1590. The van der Waals surface area contributed by atoms with Gasteiger partial charge in [-0.15, -0.1) is 0 Å². The zero-order chi connectivity index (χ0) is 26.7. The summed E-state index contributed by atoms with van der Waals surface area (Å²) in [4.78, 5) is 16.4. The first-order valence-electron chi connectivity index (χ1n) is 12.8. The van der Waals surface area contributed by atoms with Gasteiger partial charge in [-0.25, -0.2) is 9.78 Å². The highest BCUT2D eigenvalue weighted by Crippen LogP contribution is 2.26. The number of fused-ring (bicyclic) bond motifs is 2. The summed E-state index contributed by atoms with van der Waals surface area (Å²) in [5.74, 6) is 1.46. The van der Waals surface area contributed by atoms with E-state index >= 15 is 0 Å². The molecule has 1 aromatic heterocycles. The van der Waals surface area contributed by atoms with E-state index in [1.807, 2.05) is 36.4 Å². The molecule has 6 nitrogen and oxygen atoms in total. The van der Waals surface area contributed by atoms with Crippen molar-refractivity contribution < 1.29 is 19.4 Å². The van der Waals surface area contributed by atoms with Crippen LogP contribution in [0.5, 0.6) is 11.5 Å². The first kappa shape index (κ1) is 25.3. The molecule has 0 aliphatic heterocycles. The van der Waals surface area contributed by atoms with E-state index in [0.29, 0.717) is 12.3 Å². The molecule has 0 saturated heterocycles. The van der Waals surface area contributed by atoms with Crippen LogP contribution in [0.2, 0.25) is 0 Å². The molecule has 0 saturated carbocycles. The van der Waals surface area contributed by atoms with E-state index in [-0.39, 0.29) is 0 Å². The van der Waals surface area contributed by atoms with Crippen LogP contribution in [0.15, 0.2) is 84.9 Å². The lowest BCUT2D eigenvalue weighted by Gasteiger charge is -2.21. The molecule has 1 N–H and O–H groups in total. The number of aliphatic carboxylic acids is 1. The van der Waals surface area contributed by atoms with E-state index in [4.69, 9.17) is 14.5 Å². The number of benzene rings is 4. The van der Waals surface area contributed by atoms with E-state index in [1.165, 1.54) is 16.3 Å². The third kappa shape index (κ3) is 5.49. The standard InChI is InChI=1S/C32H32N2O4/c1-32(2,31(35)36)38-26-16-14-22(15-17-26)8-7-13-30-33-28-19-24-10-4-5-11-25(24)20-29(28)34(30)21-23-9-6-12-27(18-23)37-3/h4-6,9-12,14-20H,7-8,13,21H2,1-3H3,(H,35,36). The minimum Gasteiger partial charge on any atom is -0.497 e. The summed E-state index contributed by atoms with van der Waals surface area (Å²) >= 11 is 0. The van der Waals surface area contributed by atoms with Crippen LogP contribution in [-0.2, 0) is 24.2 Å². The highest BCUT2D eigenvalue weighted by atomic mass is 16.5. The Balaban J connectivity index is 1.37. The molecule has 4 aromatic carbocycles. The quantitative estimate of drug-likeness (QED) is 0.228. The molecular weight excluding hydrogens is 476 g/mol. The van der Waals surface area contributed by atoms with Gasteiger partial charge in [0, 0.05) is 13.0 Å². The Morgan fingerprint density at radius 1 is 0.868 bits per heavy atom. The largest absolute Gasteiger partial charge is 0.497 e. The lowest BCUT2D eigenvalue weighted by molar-refractivity contribution is -0.152. The number of ether oxygens (including phenoxy) is 2. The highest BCUT2D eigenvalue weighted by Gasteiger charge is 2.29. The topological polar surface area (TPSA) is 73.6 Å². The van der Waals surface area contributed by atoms with E-state index in [9.17, 15) is 9.90 Å². The molecule has 194 valence electrons. The van der Waals surface area contributed by atoms with Crippen LogP contribution < -0.4 is 9.47 Å². The van der Waals surface area contributed by atoms with Crippen LogP contribution in [-0.4, -0.2) is 33.3 Å². The number of carboxylic acid groups (broad SMARTS) is 1. The van der Waals surface area contributed by atoms with E-state index < -0.39 is 11.6 Å². The van der Waals surface area contributed by atoms with Crippen LogP contribution >= 0.6 is 0 Å². The van der Waals surface area contributed by atoms with Gasteiger partial charge >= 0.3 is 5.97 Å². The maximum atomic E-state index is 11.3. The average Bonchev–Trinajstić information content (AvgIpc) is 3.24. The summed E-state index contributed by atoms with van der Waals surface area (Å²) in [5, 5.41) is 11.7. The third-order valence-electron chi connectivity index (χ3n) is 6.85. The van der Waals surface area contributed by atoms with Gasteiger partial charge in [-0.3, -0.25) is 0 Å². The molecule has 1 heterocycles. The summed E-state index contributed by atoms with van der Waals surface area (Å²) in [5.41, 5.74) is 3.20. The second-order valence-corrected chi connectivity index (χ2v) is 10.1. The minimum atomic E-state index is -1.27. The predicted octanol–water partition coefficient (Wildman–Crippen LogP) is 6.66. The Hall–Kier alpha value is -4.32. The third-order valence-corrected chi connectivity index (χ3v) is 6.85. The van der Waals surface area contributed by atoms with Crippen molar-refractivity contribution in [3.63, 3.8) is 0 Å². The molecule has 0 radical (unpaired) electrons. The lowest BCUT2D eigenvalue weighted by Crippen LogP contribution is -2.37. The predicted molar refractivity (Wildman–Crippen MR) is 150 cm³/mol. The number of nitrogens with zero attached hydrogens (tertiary/aromatic N) is 2. The average molecular weight is 509 g/mol. The van der Waals surface area contributed by atoms with Gasteiger partial charge < -0.3 is 19.1 Å². The molecule has 0 aliphatic rings. The fraction of sp³-hybridized carbons (Fsp3) is 0.250. The fourth-order valence-electron chi connectivity index (χ4n) is 4.69. The lowest BCUT2D eigenvalue weighted by atomic mass is 10.1. The van der Waals surface area contributed by atoms with Gasteiger partial charge in [0.25, 0.3) is 0 Å². The van der Waals surface area contributed by atoms with Crippen molar-refractivity contribution >= 4 is 27.8 Å². The van der Waals surface area contributed by atoms with E-state index in [0.717, 1.165) is 47.4 Å².